The monoisotopic (exact) mass is 393 g/mol. The molecule has 1 saturated heterocycles. The predicted octanol–water partition coefficient (Wildman–Crippen LogP) is 2.43. The Labute approximate surface area is 158 Å². The molecule has 2 atom stereocenters. The highest BCUT2D eigenvalue weighted by molar-refractivity contribution is 8.15. The summed E-state index contributed by atoms with van der Waals surface area (Å²) in [6, 6.07) is 7.52. The Morgan fingerprint density at radius 3 is 2.73 bits per heavy atom. The van der Waals surface area contributed by atoms with Crippen molar-refractivity contribution in [1.29, 1.82) is 0 Å². The zero-order valence-corrected chi connectivity index (χ0v) is 16.1. The van der Waals surface area contributed by atoms with Crippen molar-refractivity contribution < 1.29 is 13.2 Å². The molecule has 1 saturated carbocycles. The highest BCUT2D eigenvalue weighted by Crippen LogP contribution is 2.34. The van der Waals surface area contributed by atoms with Gasteiger partial charge in [0.1, 0.15) is 0 Å². The van der Waals surface area contributed by atoms with Crippen molar-refractivity contribution in [1.82, 2.24) is 5.32 Å². The van der Waals surface area contributed by atoms with E-state index >= 15 is 0 Å². The number of nitrogens with zero attached hydrogens (tertiary/aromatic N) is 1. The van der Waals surface area contributed by atoms with Gasteiger partial charge in [0, 0.05) is 22.5 Å². The number of carbonyl (C=O) groups is 1. The molecule has 140 valence electrons. The first kappa shape index (κ1) is 17.9. The molecule has 0 spiro atoms. The van der Waals surface area contributed by atoms with Crippen LogP contribution < -0.4 is 10.6 Å². The van der Waals surface area contributed by atoms with Crippen LogP contribution in [-0.2, 0) is 9.84 Å². The maximum absolute atomic E-state index is 12.5. The first-order valence-electron chi connectivity index (χ1n) is 9.11. The Balaban J connectivity index is 1.39. The van der Waals surface area contributed by atoms with Crippen molar-refractivity contribution in [2.45, 2.75) is 49.4 Å². The summed E-state index contributed by atoms with van der Waals surface area (Å²) in [5.74, 6) is 0.296. The van der Waals surface area contributed by atoms with Gasteiger partial charge in [-0.15, -0.1) is 0 Å². The highest BCUT2D eigenvalue weighted by atomic mass is 32.2. The van der Waals surface area contributed by atoms with Crippen molar-refractivity contribution >= 4 is 38.4 Å². The lowest BCUT2D eigenvalue weighted by atomic mass is 9.95. The highest BCUT2D eigenvalue weighted by Gasteiger charge is 2.42. The fourth-order valence-corrected chi connectivity index (χ4v) is 7.47. The number of benzene rings is 1. The topological polar surface area (TPSA) is 87.6 Å². The average Bonchev–Trinajstić information content (AvgIpc) is 3.08. The number of rotatable bonds is 3. The number of amides is 1. The Kier molecular flexibility index (Phi) is 4.96. The minimum atomic E-state index is -2.94. The summed E-state index contributed by atoms with van der Waals surface area (Å²) < 4.78 is 23.3. The van der Waals surface area contributed by atoms with Gasteiger partial charge in [-0.2, -0.15) is 0 Å². The summed E-state index contributed by atoms with van der Waals surface area (Å²) in [5.41, 5.74) is 1.43. The van der Waals surface area contributed by atoms with E-state index in [9.17, 15) is 13.2 Å². The van der Waals surface area contributed by atoms with Gasteiger partial charge < -0.3 is 10.6 Å². The van der Waals surface area contributed by atoms with Gasteiger partial charge in [-0.25, -0.2) is 8.42 Å². The molecular weight excluding hydrogens is 370 g/mol. The molecule has 4 rings (SSSR count). The van der Waals surface area contributed by atoms with Crippen LogP contribution in [0.5, 0.6) is 0 Å². The van der Waals surface area contributed by atoms with Gasteiger partial charge in [0.15, 0.2) is 15.0 Å². The summed E-state index contributed by atoms with van der Waals surface area (Å²) in [6.07, 6.45) is 5.74. The lowest BCUT2D eigenvalue weighted by Gasteiger charge is -2.22. The Morgan fingerprint density at radius 2 is 1.96 bits per heavy atom. The van der Waals surface area contributed by atoms with Gasteiger partial charge in [0.25, 0.3) is 5.91 Å². The molecule has 26 heavy (non-hydrogen) atoms. The first-order chi connectivity index (χ1) is 12.5. The third-order valence-electron chi connectivity index (χ3n) is 5.13. The number of fused-ring (bicyclic) bond motifs is 1. The van der Waals surface area contributed by atoms with E-state index in [1.807, 2.05) is 24.3 Å². The van der Waals surface area contributed by atoms with E-state index in [1.54, 1.807) is 0 Å². The third kappa shape index (κ3) is 4.06. The van der Waals surface area contributed by atoms with Gasteiger partial charge in [0.05, 0.1) is 17.5 Å². The maximum Gasteiger partial charge on any atom is 0.251 e. The first-order valence-corrected chi connectivity index (χ1v) is 11.8. The molecule has 1 aliphatic carbocycles. The van der Waals surface area contributed by atoms with Crippen LogP contribution in [0.4, 0.5) is 5.69 Å². The van der Waals surface area contributed by atoms with Crippen LogP contribution in [-0.4, -0.2) is 48.3 Å². The normalized spacial score (nSPS) is 27.6. The predicted molar refractivity (Wildman–Crippen MR) is 106 cm³/mol. The summed E-state index contributed by atoms with van der Waals surface area (Å²) in [4.78, 5) is 17.0. The summed E-state index contributed by atoms with van der Waals surface area (Å²) in [6.45, 7) is 0. The molecule has 0 radical (unpaired) electrons. The van der Waals surface area contributed by atoms with Crippen molar-refractivity contribution in [2.24, 2.45) is 4.99 Å². The van der Waals surface area contributed by atoms with E-state index in [0.29, 0.717) is 5.56 Å². The Morgan fingerprint density at radius 1 is 1.15 bits per heavy atom. The molecule has 6 nitrogen and oxygen atoms in total. The SMILES string of the molecule is O=C(NC1CCCCC1)c1cccc(NC2=N[C@H]3CS(=O)(=O)C[C@@H]3S2)c1. The molecule has 1 aromatic carbocycles. The number of aliphatic imine (C=N–C) groups is 1. The zero-order chi connectivity index (χ0) is 18.1. The summed E-state index contributed by atoms with van der Waals surface area (Å²) in [7, 11) is -2.94. The Bertz CT molecular complexity index is 832. The van der Waals surface area contributed by atoms with Gasteiger partial charge in [-0.3, -0.25) is 9.79 Å². The Hall–Kier alpha value is -1.54. The van der Waals surface area contributed by atoms with E-state index < -0.39 is 9.84 Å². The molecule has 2 aliphatic heterocycles. The molecule has 0 unspecified atom stereocenters. The maximum atomic E-state index is 12.5. The van der Waals surface area contributed by atoms with Crippen molar-refractivity contribution in [3.05, 3.63) is 29.8 Å². The van der Waals surface area contributed by atoms with E-state index in [1.165, 1.54) is 31.0 Å². The van der Waals surface area contributed by atoms with E-state index in [2.05, 4.69) is 15.6 Å². The number of sulfone groups is 1. The standard InChI is InChI=1S/C18H23N3O3S2/c22-17(19-13-6-2-1-3-7-13)12-5-4-8-14(9-12)20-18-21-15-10-26(23,24)11-16(15)25-18/h4-5,8-9,13,15-16H,1-3,6-7,10-11H2,(H,19,22)(H,20,21)/t15-,16-/m0/s1. The summed E-state index contributed by atoms with van der Waals surface area (Å²) >= 11 is 1.48. The zero-order valence-electron chi connectivity index (χ0n) is 14.5. The fourth-order valence-electron chi connectivity index (χ4n) is 3.79. The number of thioether (sulfide) groups is 1. The molecule has 2 fully saturated rings. The molecule has 1 aromatic rings. The minimum absolute atomic E-state index is 0.0142. The van der Waals surface area contributed by atoms with Gasteiger partial charge in [0.2, 0.25) is 0 Å². The van der Waals surface area contributed by atoms with Crippen LogP contribution in [0.15, 0.2) is 29.3 Å². The van der Waals surface area contributed by atoms with Crippen LogP contribution in [0.1, 0.15) is 42.5 Å². The van der Waals surface area contributed by atoms with Crippen molar-refractivity contribution in [3.63, 3.8) is 0 Å². The second kappa shape index (κ2) is 7.23. The van der Waals surface area contributed by atoms with Crippen LogP contribution in [0, 0.1) is 0 Å². The third-order valence-corrected chi connectivity index (χ3v) is 8.28. The molecular formula is C18H23N3O3S2. The molecule has 8 heteroatoms. The van der Waals surface area contributed by atoms with Crippen LogP contribution in [0.25, 0.3) is 0 Å². The number of nitrogens with one attached hydrogen (secondary N) is 2. The van der Waals surface area contributed by atoms with Crippen LogP contribution in [0.3, 0.4) is 0 Å². The number of carbonyl (C=O) groups excluding carboxylic acids is 1. The second-order valence-electron chi connectivity index (χ2n) is 7.25. The fraction of sp³-hybridized carbons (Fsp3) is 0.556. The molecule has 0 bridgehead atoms. The van der Waals surface area contributed by atoms with E-state index in [-0.39, 0.29) is 34.7 Å². The average molecular weight is 394 g/mol. The van der Waals surface area contributed by atoms with Crippen molar-refractivity contribution in [3.8, 4) is 0 Å². The number of hydrogen-bond donors (Lipinski definition) is 2. The van der Waals surface area contributed by atoms with Crippen molar-refractivity contribution in [2.75, 3.05) is 16.8 Å². The minimum Gasteiger partial charge on any atom is -0.349 e. The number of anilines is 1. The van der Waals surface area contributed by atoms with Crippen LogP contribution >= 0.6 is 11.8 Å². The molecule has 1 amide bonds. The van der Waals surface area contributed by atoms with Gasteiger partial charge in [-0.05, 0) is 31.0 Å². The molecule has 3 aliphatic rings. The second-order valence-corrected chi connectivity index (χ2v) is 10.6. The van der Waals surface area contributed by atoms with E-state index in [0.717, 1.165) is 23.7 Å². The van der Waals surface area contributed by atoms with Crippen LogP contribution in [0.2, 0.25) is 0 Å². The smallest absolute Gasteiger partial charge is 0.251 e. The lowest BCUT2D eigenvalue weighted by molar-refractivity contribution is 0.0927. The van der Waals surface area contributed by atoms with Gasteiger partial charge in [-0.1, -0.05) is 37.1 Å². The largest absolute Gasteiger partial charge is 0.349 e. The molecule has 2 N–H and O–H groups in total. The number of amidine groups is 1. The lowest BCUT2D eigenvalue weighted by Crippen LogP contribution is -2.36. The summed E-state index contributed by atoms with van der Waals surface area (Å²) in [5, 5.41) is 7.11. The molecule has 0 aromatic heterocycles. The molecule has 2 heterocycles. The van der Waals surface area contributed by atoms with E-state index in [4.69, 9.17) is 0 Å². The number of hydrogen-bond acceptors (Lipinski definition) is 6. The van der Waals surface area contributed by atoms with Gasteiger partial charge >= 0.3 is 0 Å². The quantitative estimate of drug-likeness (QED) is 0.823.